The summed E-state index contributed by atoms with van der Waals surface area (Å²) in [6, 6.07) is 8.39. The predicted molar refractivity (Wildman–Crippen MR) is 69.2 cm³/mol. The van der Waals surface area contributed by atoms with Crippen LogP contribution in [0.3, 0.4) is 0 Å². The first-order valence-electron chi connectivity index (χ1n) is 5.56. The van der Waals surface area contributed by atoms with Crippen molar-refractivity contribution in [1.29, 1.82) is 5.26 Å². The molecule has 0 fully saturated rings. The zero-order valence-electron chi connectivity index (χ0n) is 10.7. The van der Waals surface area contributed by atoms with Crippen LogP contribution in [0, 0.1) is 23.7 Å². The number of carbonyl (C=O) groups excluding carboxylic acids is 1. The fourth-order valence-electron chi connectivity index (χ4n) is 1.31. The third-order valence-corrected chi connectivity index (χ3v) is 2.29. The van der Waals surface area contributed by atoms with E-state index in [1.807, 2.05) is 6.07 Å². The number of hydrogen-bond acceptors (Lipinski definition) is 4. The van der Waals surface area contributed by atoms with Crippen molar-refractivity contribution in [2.75, 3.05) is 7.11 Å². The molecule has 0 aliphatic rings. The van der Waals surface area contributed by atoms with Gasteiger partial charge in [-0.15, -0.1) is 6.42 Å². The van der Waals surface area contributed by atoms with Gasteiger partial charge in [0.25, 0.3) is 5.91 Å². The first-order valence-corrected chi connectivity index (χ1v) is 5.56. The molecule has 2 unspecified atom stereocenters. The van der Waals surface area contributed by atoms with Crippen molar-refractivity contribution in [2.24, 2.45) is 0 Å². The lowest BCUT2D eigenvalue weighted by Gasteiger charge is -2.14. The first kappa shape index (κ1) is 14.6. The second-order valence-corrected chi connectivity index (χ2v) is 3.66. The Kier molecular flexibility index (Phi) is 5.40. The molecule has 0 bridgehead atoms. The molecule has 19 heavy (non-hydrogen) atoms. The van der Waals surface area contributed by atoms with Gasteiger partial charge in [-0.05, 0) is 25.1 Å². The van der Waals surface area contributed by atoms with E-state index in [1.165, 1.54) is 7.11 Å². The highest BCUT2D eigenvalue weighted by Crippen LogP contribution is 2.12. The maximum atomic E-state index is 11.9. The normalized spacial score (nSPS) is 12.6. The SMILES string of the molecule is C#CC(C)OC(C#N)NC(=O)c1cccc(OC)c1. The molecule has 0 spiro atoms. The number of nitrogens with zero attached hydrogens (tertiary/aromatic N) is 1. The van der Waals surface area contributed by atoms with E-state index < -0.39 is 18.2 Å². The number of rotatable bonds is 5. The average Bonchev–Trinajstić information content (AvgIpc) is 2.46. The van der Waals surface area contributed by atoms with E-state index in [0.717, 1.165) is 0 Å². The van der Waals surface area contributed by atoms with Crippen LogP contribution >= 0.6 is 0 Å². The minimum Gasteiger partial charge on any atom is -0.497 e. The van der Waals surface area contributed by atoms with Gasteiger partial charge in [0.2, 0.25) is 6.23 Å². The van der Waals surface area contributed by atoms with E-state index in [0.29, 0.717) is 11.3 Å². The standard InChI is InChI=1S/C14H14N2O3/c1-4-10(2)19-13(9-15)16-14(17)11-6-5-7-12(8-11)18-3/h1,5-8,10,13H,2-3H3,(H,16,17). The summed E-state index contributed by atoms with van der Waals surface area (Å²) < 4.78 is 10.2. The van der Waals surface area contributed by atoms with Gasteiger partial charge >= 0.3 is 0 Å². The predicted octanol–water partition coefficient (Wildman–Crippen LogP) is 1.31. The van der Waals surface area contributed by atoms with E-state index in [2.05, 4.69) is 11.2 Å². The van der Waals surface area contributed by atoms with Crippen molar-refractivity contribution in [3.8, 4) is 24.2 Å². The van der Waals surface area contributed by atoms with Gasteiger partial charge < -0.3 is 14.8 Å². The lowest BCUT2D eigenvalue weighted by molar-refractivity contribution is 0.0376. The van der Waals surface area contributed by atoms with Gasteiger partial charge in [-0.3, -0.25) is 4.79 Å². The maximum Gasteiger partial charge on any atom is 0.254 e. The van der Waals surface area contributed by atoms with Gasteiger partial charge in [0, 0.05) is 5.56 Å². The smallest absolute Gasteiger partial charge is 0.254 e. The summed E-state index contributed by atoms with van der Waals surface area (Å²) in [5.74, 6) is 2.44. The molecule has 2 atom stereocenters. The second-order valence-electron chi connectivity index (χ2n) is 3.66. The summed E-state index contributed by atoms with van der Waals surface area (Å²) in [4.78, 5) is 11.9. The Morgan fingerprint density at radius 3 is 2.84 bits per heavy atom. The topological polar surface area (TPSA) is 71.3 Å². The molecular formula is C14H14N2O3. The minimum atomic E-state index is -1.09. The number of carbonyl (C=O) groups is 1. The van der Waals surface area contributed by atoms with Gasteiger partial charge in [0.1, 0.15) is 17.9 Å². The van der Waals surface area contributed by atoms with Crippen LogP contribution in [0.25, 0.3) is 0 Å². The Labute approximate surface area is 112 Å². The molecule has 0 aliphatic heterocycles. The fourth-order valence-corrected chi connectivity index (χ4v) is 1.31. The highest BCUT2D eigenvalue weighted by molar-refractivity contribution is 5.94. The number of nitrogens with one attached hydrogen (secondary N) is 1. The average molecular weight is 258 g/mol. The molecule has 98 valence electrons. The molecule has 0 saturated carbocycles. The molecular weight excluding hydrogens is 244 g/mol. The summed E-state index contributed by atoms with van der Waals surface area (Å²) in [5.41, 5.74) is 0.372. The number of methoxy groups -OCH3 is 1. The van der Waals surface area contributed by atoms with Gasteiger partial charge in [-0.2, -0.15) is 5.26 Å². The van der Waals surface area contributed by atoms with E-state index in [1.54, 1.807) is 31.2 Å². The van der Waals surface area contributed by atoms with Crippen LogP contribution in [0.4, 0.5) is 0 Å². The van der Waals surface area contributed by atoms with Crippen molar-refractivity contribution in [3.05, 3.63) is 29.8 Å². The van der Waals surface area contributed by atoms with Gasteiger partial charge in [-0.25, -0.2) is 0 Å². The molecule has 1 aromatic rings. The molecule has 1 rings (SSSR count). The third-order valence-electron chi connectivity index (χ3n) is 2.29. The number of ether oxygens (including phenoxy) is 2. The first-order chi connectivity index (χ1) is 9.10. The highest BCUT2D eigenvalue weighted by atomic mass is 16.5. The molecule has 1 aromatic carbocycles. The Balaban J connectivity index is 2.72. The number of benzene rings is 1. The monoisotopic (exact) mass is 258 g/mol. The Hall–Kier alpha value is -2.50. The Morgan fingerprint density at radius 2 is 2.26 bits per heavy atom. The van der Waals surface area contributed by atoms with E-state index in [-0.39, 0.29) is 0 Å². The molecule has 0 radical (unpaired) electrons. The summed E-state index contributed by atoms with van der Waals surface area (Å²) in [5, 5.41) is 11.3. The zero-order chi connectivity index (χ0) is 14.3. The zero-order valence-corrected chi connectivity index (χ0v) is 10.7. The lowest BCUT2D eigenvalue weighted by atomic mass is 10.2. The number of amides is 1. The molecule has 5 nitrogen and oxygen atoms in total. The maximum absolute atomic E-state index is 11.9. The summed E-state index contributed by atoms with van der Waals surface area (Å²) in [7, 11) is 1.51. The van der Waals surface area contributed by atoms with Crippen LogP contribution < -0.4 is 10.1 Å². The Bertz CT molecular complexity index is 528. The number of hydrogen-bond donors (Lipinski definition) is 1. The van der Waals surface area contributed by atoms with Gasteiger partial charge in [0.15, 0.2) is 0 Å². The largest absolute Gasteiger partial charge is 0.497 e. The molecule has 0 saturated heterocycles. The second kappa shape index (κ2) is 7.05. The van der Waals surface area contributed by atoms with Gasteiger partial charge in [-0.1, -0.05) is 12.0 Å². The molecule has 0 aromatic heterocycles. The number of nitriles is 1. The summed E-state index contributed by atoms with van der Waals surface area (Å²) in [6.07, 6.45) is 3.49. The molecule has 1 amide bonds. The van der Waals surface area contributed by atoms with Crippen molar-refractivity contribution in [3.63, 3.8) is 0 Å². The highest BCUT2D eigenvalue weighted by Gasteiger charge is 2.15. The van der Waals surface area contributed by atoms with Gasteiger partial charge in [0.05, 0.1) is 7.11 Å². The van der Waals surface area contributed by atoms with Crippen LogP contribution in [-0.4, -0.2) is 25.3 Å². The summed E-state index contributed by atoms with van der Waals surface area (Å²) >= 11 is 0. The van der Waals surface area contributed by atoms with Crippen LogP contribution in [0.5, 0.6) is 5.75 Å². The third kappa shape index (κ3) is 4.34. The van der Waals surface area contributed by atoms with Crippen molar-refractivity contribution in [2.45, 2.75) is 19.3 Å². The summed E-state index contributed by atoms with van der Waals surface area (Å²) in [6.45, 7) is 1.61. The quantitative estimate of drug-likeness (QED) is 0.638. The Morgan fingerprint density at radius 1 is 1.53 bits per heavy atom. The number of terminal acetylenes is 1. The van der Waals surface area contributed by atoms with E-state index >= 15 is 0 Å². The molecule has 5 heteroatoms. The van der Waals surface area contributed by atoms with Crippen LogP contribution in [0.15, 0.2) is 24.3 Å². The van der Waals surface area contributed by atoms with E-state index in [9.17, 15) is 4.79 Å². The molecule has 1 N–H and O–H groups in total. The van der Waals surface area contributed by atoms with Crippen molar-refractivity contribution >= 4 is 5.91 Å². The van der Waals surface area contributed by atoms with Crippen LogP contribution in [0.1, 0.15) is 17.3 Å². The lowest BCUT2D eigenvalue weighted by Crippen LogP contribution is -2.37. The van der Waals surface area contributed by atoms with Crippen molar-refractivity contribution in [1.82, 2.24) is 5.32 Å². The molecule has 0 aliphatic carbocycles. The van der Waals surface area contributed by atoms with Crippen LogP contribution in [-0.2, 0) is 4.74 Å². The fraction of sp³-hybridized carbons (Fsp3) is 0.286. The van der Waals surface area contributed by atoms with Crippen molar-refractivity contribution < 1.29 is 14.3 Å². The van der Waals surface area contributed by atoms with E-state index in [4.69, 9.17) is 21.2 Å². The van der Waals surface area contributed by atoms with Crippen LogP contribution in [0.2, 0.25) is 0 Å². The molecule has 0 heterocycles. The minimum absolute atomic E-state index is 0.372.